The molecule has 3 nitrogen and oxygen atoms in total. The molecule has 2 rings (SSSR count). The Kier molecular flexibility index (Phi) is 5.23. The van der Waals surface area contributed by atoms with Crippen molar-refractivity contribution < 1.29 is 26.3 Å². The summed E-state index contributed by atoms with van der Waals surface area (Å²) in [6, 6.07) is 5.15. The molecule has 0 saturated heterocycles. The molecule has 11 heteroatoms. The first-order valence-electron chi connectivity index (χ1n) is 6.13. The smallest absolute Gasteiger partial charge is 0.269 e. The minimum absolute atomic E-state index is 0.000163. The maximum absolute atomic E-state index is 12.7. The first-order valence-corrected chi connectivity index (χ1v) is 8.17. The van der Waals surface area contributed by atoms with E-state index in [2.05, 4.69) is 4.98 Å². The second-order valence-corrected chi connectivity index (χ2v) is 6.26. The van der Waals surface area contributed by atoms with E-state index in [1.54, 1.807) is 0 Å². The summed E-state index contributed by atoms with van der Waals surface area (Å²) in [6.07, 6.45) is -3.39. The van der Waals surface area contributed by atoms with Crippen molar-refractivity contribution in [3.8, 4) is 5.69 Å². The van der Waals surface area contributed by atoms with Crippen LogP contribution in [-0.4, -0.2) is 21.3 Å². The van der Waals surface area contributed by atoms with Crippen molar-refractivity contribution in [3.05, 3.63) is 46.4 Å². The van der Waals surface area contributed by atoms with Crippen LogP contribution in [-0.2, 0) is 6.18 Å². The molecule has 1 aromatic heterocycles. The Hall–Kier alpha value is -1.62. The zero-order valence-electron chi connectivity index (χ0n) is 11.8. The van der Waals surface area contributed by atoms with Crippen LogP contribution in [0.2, 0.25) is 0 Å². The summed E-state index contributed by atoms with van der Waals surface area (Å²) in [6.45, 7) is 0. The van der Waals surface area contributed by atoms with E-state index in [0.29, 0.717) is 6.07 Å². The molecule has 0 radical (unpaired) electrons. The van der Waals surface area contributed by atoms with Gasteiger partial charge < -0.3 is 0 Å². The Morgan fingerprint density at radius 1 is 1.08 bits per heavy atom. The Bertz CT molecular complexity index is 800. The maximum atomic E-state index is 12.7. The first-order chi connectivity index (χ1) is 11.0. The van der Waals surface area contributed by atoms with Gasteiger partial charge in [0.05, 0.1) is 5.69 Å². The molecular formula is C13H8F6N2OS2. The Labute approximate surface area is 140 Å². The molecule has 0 atom stereocenters. The van der Waals surface area contributed by atoms with Crippen LogP contribution in [0.1, 0.15) is 5.69 Å². The number of thioether (sulfide) groups is 2. The summed E-state index contributed by atoms with van der Waals surface area (Å²) in [5, 5.41) is -0.274. The van der Waals surface area contributed by atoms with Crippen molar-refractivity contribution in [2.75, 3.05) is 6.26 Å². The minimum atomic E-state index is -4.79. The lowest BCUT2D eigenvalue weighted by atomic mass is 10.3. The van der Waals surface area contributed by atoms with E-state index in [4.69, 9.17) is 0 Å². The van der Waals surface area contributed by atoms with Gasteiger partial charge in [0.25, 0.3) is 5.56 Å². The SMILES string of the molecule is CSc1nc(C(F)(F)F)cc(=O)n1-c1cccc(SC(F)(F)F)c1. The van der Waals surface area contributed by atoms with Crippen molar-refractivity contribution >= 4 is 23.5 Å². The molecule has 0 saturated carbocycles. The van der Waals surface area contributed by atoms with Crippen molar-refractivity contribution in [2.24, 2.45) is 0 Å². The van der Waals surface area contributed by atoms with E-state index in [1.165, 1.54) is 24.5 Å². The van der Waals surface area contributed by atoms with E-state index >= 15 is 0 Å². The van der Waals surface area contributed by atoms with Gasteiger partial charge in [0.15, 0.2) is 10.9 Å². The van der Waals surface area contributed by atoms with E-state index in [0.717, 1.165) is 22.4 Å². The molecule has 2 aromatic rings. The van der Waals surface area contributed by atoms with Gasteiger partial charge >= 0.3 is 11.7 Å². The van der Waals surface area contributed by atoms with Crippen molar-refractivity contribution in [1.29, 1.82) is 0 Å². The van der Waals surface area contributed by atoms with Gasteiger partial charge in [-0.15, -0.1) is 0 Å². The summed E-state index contributed by atoms with van der Waals surface area (Å²) >= 11 is 0.390. The highest BCUT2D eigenvalue weighted by Crippen LogP contribution is 2.37. The second kappa shape index (κ2) is 6.71. The first kappa shape index (κ1) is 18.7. The molecule has 0 fully saturated rings. The third-order valence-electron chi connectivity index (χ3n) is 2.67. The highest BCUT2D eigenvalue weighted by Gasteiger charge is 2.34. The molecule has 0 amide bonds. The lowest BCUT2D eigenvalue weighted by Gasteiger charge is -2.14. The molecule has 1 heterocycles. The number of benzene rings is 1. The fraction of sp³-hybridized carbons (Fsp3) is 0.231. The Balaban J connectivity index is 2.57. The summed E-state index contributed by atoms with van der Waals surface area (Å²) in [5.41, 5.74) is -6.91. The summed E-state index contributed by atoms with van der Waals surface area (Å²) in [4.78, 5) is 15.2. The molecule has 0 aliphatic heterocycles. The van der Waals surface area contributed by atoms with E-state index in [-0.39, 0.29) is 27.5 Å². The molecule has 0 spiro atoms. The van der Waals surface area contributed by atoms with Crippen molar-refractivity contribution in [1.82, 2.24) is 9.55 Å². The minimum Gasteiger partial charge on any atom is -0.269 e. The van der Waals surface area contributed by atoms with Crippen LogP contribution in [0.25, 0.3) is 5.69 Å². The maximum Gasteiger partial charge on any atom is 0.446 e. The van der Waals surface area contributed by atoms with Crippen LogP contribution < -0.4 is 5.56 Å². The third kappa shape index (κ3) is 4.47. The summed E-state index contributed by atoms with van der Waals surface area (Å²) < 4.78 is 76.3. The van der Waals surface area contributed by atoms with Crippen LogP contribution in [0, 0.1) is 0 Å². The fourth-order valence-electron chi connectivity index (χ4n) is 1.80. The van der Waals surface area contributed by atoms with Gasteiger partial charge in [-0.2, -0.15) is 26.3 Å². The highest BCUT2D eigenvalue weighted by molar-refractivity contribution is 8.00. The average Bonchev–Trinajstić information content (AvgIpc) is 2.43. The molecule has 24 heavy (non-hydrogen) atoms. The number of hydrogen-bond acceptors (Lipinski definition) is 4. The van der Waals surface area contributed by atoms with E-state index in [9.17, 15) is 31.1 Å². The highest BCUT2D eigenvalue weighted by atomic mass is 32.2. The lowest BCUT2D eigenvalue weighted by Crippen LogP contribution is -2.24. The van der Waals surface area contributed by atoms with E-state index in [1.807, 2.05) is 0 Å². The van der Waals surface area contributed by atoms with Crippen LogP contribution in [0.4, 0.5) is 26.3 Å². The van der Waals surface area contributed by atoms with Gasteiger partial charge in [-0.3, -0.25) is 9.36 Å². The molecule has 0 aliphatic rings. The van der Waals surface area contributed by atoms with Gasteiger partial charge in [-0.25, -0.2) is 4.98 Å². The molecule has 0 bridgehead atoms. The van der Waals surface area contributed by atoms with Gasteiger partial charge in [0, 0.05) is 11.0 Å². The number of halogens is 6. The predicted molar refractivity (Wildman–Crippen MR) is 78.5 cm³/mol. The van der Waals surface area contributed by atoms with Crippen LogP contribution in [0.15, 0.2) is 45.2 Å². The molecule has 0 aliphatic carbocycles. The summed E-state index contributed by atoms with van der Waals surface area (Å²) in [7, 11) is 0. The predicted octanol–water partition coefficient (Wildman–Crippen LogP) is 4.59. The zero-order chi connectivity index (χ0) is 18.1. The third-order valence-corrected chi connectivity index (χ3v) is 4.03. The quantitative estimate of drug-likeness (QED) is 0.439. The van der Waals surface area contributed by atoms with Gasteiger partial charge in [-0.05, 0) is 36.2 Å². The number of alkyl halides is 6. The molecule has 130 valence electrons. The lowest BCUT2D eigenvalue weighted by molar-refractivity contribution is -0.141. The number of aromatic nitrogens is 2. The molecular weight excluding hydrogens is 378 g/mol. The standard InChI is InChI=1S/C13H8F6N2OS2/c1-23-11-20-9(12(14,15)16)6-10(22)21(11)7-3-2-4-8(5-7)24-13(17,18)19/h2-6H,1H3. The van der Waals surface area contributed by atoms with Crippen molar-refractivity contribution in [3.63, 3.8) is 0 Å². The summed E-state index contributed by atoms with van der Waals surface area (Å²) in [5.74, 6) is 0. The Morgan fingerprint density at radius 2 is 1.75 bits per heavy atom. The number of nitrogens with zero attached hydrogens (tertiary/aromatic N) is 2. The van der Waals surface area contributed by atoms with Gasteiger partial charge in [0.1, 0.15) is 0 Å². The zero-order valence-corrected chi connectivity index (χ0v) is 13.4. The van der Waals surface area contributed by atoms with Crippen LogP contribution in [0.5, 0.6) is 0 Å². The molecule has 0 N–H and O–H groups in total. The Morgan fingerprint density at radius 3 is 2.29 bits per heavy atom. The normalized spacial score (nSPS) is 12.5. The van der Waals surface area contributed by atoms with Gasteiger partial charge in [-0.1, -0.05) is 17.8 Å². The monoisotopic (exact) mass is 386 g/mol. The van der Waals surface area contributed by atoms with Crippen molar-refractivity contribution in [2.45, 2.75) is 21.7 Å². The van der Waals surface area contributed by atoms with Crippen LogP contribution in [0.3, 0.4) is 0 Å². The van der Waals surface area contributed by atoms with E-state index < -0.39 is 22.9 Å². The van der Waals surface area contributed by atoms with Gasteiger partial charge in [0.2, 0.25) is 0 Å². The van der Waals surface area contributed by atoms with Crippen LogP contribution >= 0.6 is 23.5 Å². The number of hydrogen-bond donors (Lipinski definition) is 0. The fourth-order valence-corrected chi connectivity index (χ4v) is 2.96. The largest absolute Gasteiger partial charge is 0.446 e. The average molecular weight is 386 g/mol. The number of rotatable bonds is 3. The molecule has 0 unspecified atom stereocenters. The molecule has 1 aromatic carbocycles. The second-order valence-electron chi connectivity index (χ2n) is 4.34. The topological polar surface area (TPSA) is 34.9 Å².